The standard InChI is InChI=1S/C14H19F2NO2/c1-3-10(2)17(9-13(18)19)8-11-4-6-12(7-5-11)14(15)16/h4-7,10,14H,3,8-9H2,1-2H3,(H,18,19). The number of carbonyl (C=O) groups is 1. The molecule has 1 atom stereocenters. The van der Waals surface area contributed by atoms with Crippen molar-refractivity contribution in [3.05, 3.63) is 35.4 Å². The summed E-state index contributed by atoms with van der Waals surface area (Å²) >= 11 is 0. The maximum atomic E-state index is 12.4. The quantitative estimate of drug-likeness (QED) is 0.827. The average Bonchev–Trinajstić information content (AvgIpc) is 2.37. The molecule has 1 unspecified atom stereocenters. The summed E-state index contributed by atoms with van der Waals surface area (Å²) in [6.45, 7) is 4.34. The second-order valence-electron chi connectivity index (χ2n) is 4.60. The van der Waals surface area contributed by atoms with Crippen molar-refractivity contribution in [2.75, 3.05) is 6.54 Å². The van der Waals surface area contributed by atoms with E-state index in [2.05, 4.69) is 0 Å². The number of rotatable bonds is 7. The molecule has 0 aromatic heterocycles. The van der Waals surface area contributed by atoms with Crippen LogP contribution in [0.25, 0.3) is 0 Å². The molecule has 3 nitrogen and oxygen atoms in total. The lowest BCUT2D eigenvalue weighted by Gasteiger charge is -2.26. The summed E-state index contributed by atoms with van der Waals surface area (Å²) in [6.07, 6.45) is -1.64. The Labute approximate surface area is 111 Å². The van der Waals surface area contributed by atoms with E-state index < -0.39 is 12.4 Å². The van der Waals surface area contributed by atoms with E-state index in [4.69, 9.17) is 5.11 Å². The van der Waals surface area contributed by atoms with Crippen LogP contribution >= 0.6 is 0 Å². The fraction of sp³-hybridized carbons (Fsp3) is 0.500. The predicted molar refractivity (Wildman–Crippen MR) is 69.2 cm³/mol. The van der Waals surface area contributed by atoms with Gasteiger partial charge in [-0.25, -0.2) is 8.78 Å². The highest BCUT2D eigenvalue weighted by Gasteiger charge is 2.16. The van der Waals surface area contributed by atoms with Gasteiger partial charge in [-0.05, 0) is 18.9 Å². The molecule has 0 aliphatic carbocycles. The van der Waals surface area contributed by atoms with Crippen LogP contribution in [0.15, 0.2) is 24.3 Å². The topological polar surface area (TPSA) is 40.5 Å². The number of halogens is 2. The Morgan fingerprint density at radius 3 is 2.32 bits per heavy atom. The molecule has 0 amide bonds. The number of hydrogen-bond donors (Lipinski definition) is 1. The van der Waals surface area contributed by atoms with E-state index in [0.29, 0.717) is 6.54 Å². The SMILES string of the molecule is CCC(C)N(CC(=O)O)Cc1ccc(C(F)F)cc1. The van der Waals surface area contributed by atoms with E-state index in [9.17, 15) is 13.6 Å². The first-order chi connectivity index (χ1) is 8.93. The zero-order chi connectivity index (χ0) is 14.4. The number of carboxylic acids is 1. The van der Waals surface area contributed by atoms with Crippen molar-refractivity contribution in [2.45, 2.75) is 39.3 Å². The monoisotopic (exact) mass is 271 g/mol. The maximum Gasteiger partial charge on any atom is 0.317 e. The van der Waals surface area contributed by atoms with Crippen LogP contribution < -0.4 is 0 Å². The van der Waals surface area contributed by atoms with Gasteiger partial charge in [-0.2, -0.15) is 0 Å². The molecule has 0 bridgehead atoms. The summed E-state index contributed by atoms with van der Waals surface area (Å²) in [5, 5.41) is 8.88. The van der Waals surface area contributed by atoms with Gasteiger partial charge in [0.1, 0.15) is 0 Å². The van der Waals surface area contributed by atoms with Gasteiger partial charge in [-0.1, -0.05) is 31.2 Å². The molecule has 1 rings (SSSR count). The molecule has 1 aromatic rings. The molecule has 1 N–H and O–H groups in total. The molecule has 19 heavy (non-hydrogen) atoms. The van der Waals surface area contributed by atoms with Crippen LogP contribution in [-0.4, -0.2) is 28.6 Å². The highest BCUT2D eigenvalue weighted by molar-refractivity contribution is 5.69. The van der Waals surface area contributed by atoms with E-state index in [1.54, 1.807) is 12.1 Å². The van der Waals surface area contributed by atoms with Gasteiger partial charge >= 0.3 is 5.97 Å². The van der Waals surface area contributed by atoms with Crippen molar-refractivity contribution in [3.63, 3.8) is 0 Å². The number of nitrogens with zero attached hydrogens (tertiary/aromatic N) is 1. The second kappa shape index (κ2) is 7.19. The zero-order valence-electron chi connectivity index (χ0n) is 11.1. The Morgan fingerprint density at radius 2 is 1.89 bits per heavy atom. The molecule has 5 heteroatoms. The molecule has 0 aliphatic heterocycles. The minimum Gasteiger partial charge on any atom is -0.480 e. The lowest BCUT2D eigenvalue weighted by molar-refractivity contribution is -0.139. The molecule has 0 saturated carbocycles. The van der Waals surface area contributed by atoms with Gasteiger partial charge in [-0.3, -0.25) is 9.69 Å². The zero-order valence-corrected chi connectivity index (χ0v) is 11.1. The van der Waals surface area contributed by atoms with Crippen LogP contribution in [0.3, 0.4) is 0 Å². The Balaban J connectivity index is 2.75. The van der Waals surface area contributed by atoms with Gasteiger partial charge in [-0.15, -0.1) is 0 Å². The Kier molecular flexibility index (Phi) is 5.89. The first kappa shape index (κ1) is 15.6. The lowest BCUT2D eigenvalue weighted by Crippen LogP contribution is -2.36. The molecule has 0 radical (unpaired) electrons. The summed E-state index contributed by atoms with van der Waals surface area (Å²) in [4.78, 5) is 12.6. The van der Waals surface area contributed by atoms with Crippen LogP contribution in [0.2, 0.25) is 0 Å². The number of carboxylic acid groups (broad SMARTS) is 1. The summed E-state index contributed by atoms with van der Waals surface area (Å²) in [5.41, 5.74) is 0.822. The van der Waals surface area contributed by atoms with E-state index >= 15 is 0 Å². The fourth-order valence-electron chi connectivity index (χ4n) is 1.80. The van der Waals surface area contributed by atoms with Crippen molar-refractivity contribution >= 4 is 5.97 Å². The van der Waals surface area contributed by atoms with Crippen LogP contribution in [0, 0.1) is 0 Å². The minimum absolute atomic E-state index is 0.0166. The third-order valence-corrected chi connectivity index (χ3v) is 3.17. The lowest BCUT2D eigenvalue weighted by atomic mass is 10.1. The summed E-state index contributed by atoms with van der Waals surface area (Å²) in [5.74, 6) is -0.885. The van der Waals surface area contributed by atoms with Gasteiger partial charge in [0.25, 0.3) is 6.43 Å². The predicted octanol–water partition coefficient (Wildman–Crippen LogP) is 3.31. The van der Waals surface area contributed by atoms with Gasteiger partial charge in [0.05, 0.1) is 6.54 Å². The van der Waals surface area contributed by atoms with Crippen molar-refractivity contribution in [3.8, 4) is 0 Å². The molecule has 0 fully saturated rings. The minimum atomic E-state index is -2.47. The smallest absolute Gasteiger partial charge is 0.317 e. The largest absolute Gasteiger partial charge is 0.480 e. The van der Waals surface area contributed by atoms with Crippen molar-refractivity contribution in [2.24, 2.45) is 0 Å². The Morgan fingerprint density at radius 1 is 1.32 bits per heavy atom. The third-order valence-electron chi connectivity index (χ3n) is 3.17. The molecular weight excluding hydrogens is 252 g/mol. The number of alkyl halides is 2. The van der Waals surface area contributed by atoms with Crippen molar-refractivity contribution < 1.29 is 18.7 Å². The third kappa shape index (κ3) is 4.95. The van der Waals surface area contributed by atoms with E-state index in [-0.39, 0.29) is 18.2 Å². The molecule has 0 heterocycles. The summed E-state index contributed by atoms with van der Waals surface area (Å²) in [7, 11) is 0. The Bertz CT molecular complexity index is 406. The van der Waals surface area contributed by atoms with Gasteiger partial charge < -0.3 is 5.11 Å². The molecule has 0 spiro atoms. The van der Waals surface area contributed by atoms with Crippen molar-refractivity contribution in [1.82, 2.24) is 4.90 Å². The average molecular weight is 271 g/mol. The summed E-state index contributed by atoms with van der Waals surface area (Å²) in [6, 6.07) is 6.15. The van der Waals surface area contributed by atoms with Gasteiger partial charge in [0, 0.05) is 18.2 Å². The highest BCUT2D eigenvalue weighted by atomic mass is 19.3. The first-order valence-electron chi connectivity index (χ1n) is 6.26. The maximum absolute atomic E-state index is 12.4. The van der Waals surface area contributed by atoms with E-state index in [1.807, 2.05) is 18.7 Å². The van der Waals surface area contributed by atoms with E-state index in [1.165, 1.54) is 12.1 Å². The fourth-order valence-corrected chi connectivity index (χ4v) is 1.80. The van der Waals surface area contributed by atoms with Crippen LogP contribution in [0.4, 0.5) is 8.78 Å². The highest BCUT2D eigenvalue weighted by Crippen LogP contribution is 2.19. The second-order valence-corrected chi connectivity index (χ2v) is 4.60. The van der Waals surface area contributed by atoms with Crippen LogP contribution in [0.5, 0.6) is 0 Å². The molecule has 0 aliphatic rings. The molecule has 1 aromatic carbocycles. The Hall–Kier alpha value is -1.49. The van der Waals surface area contributed by atoms with Crippen LogP contribution in [-0.2, 0) is 11.3 Å². The van der Waals surface area contributed by atoms with Gasteiger partial charge in [0.15, 0.2) is 0 Å². The van der Waals surface area contributed by atoms with E-state index in [0.717, 1.165) is 12.0 Å². The molecule has 106 valence electrons. The number of benzene rings is 1. The molecule has 0 saturated heterocycles. The number of hydrogen-bond acceptors (Lipinski definition) is 2. The summed E-state index contributed by atoms with van der Waals surface area (Å²) < 4.78 is 24.9. The first-order valence-corrected chi connectivity index (χ1v) is 6.26. The van der Waals surface area contributed by atoms with Gasteiger partial charge in [0.2, 0.25) is 0 Å². The number of aliphatic carboxylic acids is 1. The molecular formula is C14H19F2NO2. The van der Waals surface area contributed by atoms with Crippen LogP contribution in [0.1, 0.15) is 37.8 Å². The van der Waals surface area contributed by atoms with Crippen molar-refractivity contribution in [1.29, 1.82) is 0 Å². The normalized spacial score (nSPS) is 12.9.